The molecular formula is C17H20N4O. The van der Waals surface area contributed by atoms with Crippen molar-refractivity contribution in [1.82, 2.24) is 14.9 Å². The Morgan fingerprint density at radius 2 is 1.86 bits per heavy atom. The third-order valence-electron chi connectivity index (χ3n) is 4.08. The summed E-state index contributed by atoms with van der Waals surface area (Å²) in [6, 6.07) is 9.68. The van der Waals surface area contributed by atoms with Gasteiger partial charge in [0.15, 0.2) is 5.82 Å². The van der Waals surface area contributed by atoms with Crippen molar-refractivity contribution in [3.8, 4) is 11.4 Å². The zero-order chi connectivity index (χ0) is 15.6. The molecule has 22 heavy (non-hydrogen) atoms. The van der Waals surface area contributed by atoms with Crippen LogP contribution >= 0.6 is 0 Å². The Labute approximate surface area is 130 Å². The molecule has 0 saturated carbocycles. The number of aromatic nitrogens is 2. The Balaban J connectivity index is 1.70. The number of carbonyl (C=O) groups is 1. The Morgan fingerprint density at radius 1 is 1.18 bits per heavy atom. The van der Waals surface area contributed by atoms with E-state index in [1.165, 1.54) is 0 Å². The van der Waals surface area contributed by atoms with E-state index in [0.717, 1.165) is 24.9 Å². The molecular weight excluding hydrogens is 276 g/mol. The number of likely N-dealkylation sites (tertiary alicyclic amines) is 1. The molecule has 1 aromatic heterocycles. The van der Waals surface area contributed by atoms with Crippen LogP contribution in [0.3, 0.4) is 0 Å². The zero-order valence-electron chi connectivity index (χ0n) is 12.9. The number of hydrogen-bond donors (Lipinski definition) is 1. The molecule has 114 valence electrons. The molecule has 0 bridgehead atoms. The molecule has 1 aromatic carbocycles. The van der Waals surface area contributed by atoms with Gasteiger partial charge in [0.25, 0.3) is 0 Å². The average Bonchev–Trinajstić information content (AvgIpc) is 2.88. The first-order valence-electron chi connectivity index (χ1n) is 7.52. The molecule has 0 radical (unpaired) electrons. The van der Waals surface area contributed by atoms with Gasteiger partial charge in [-0.3, -0.25) is 0 Å². The van der Waals surface area contributed by atoms with Gasteiger partial charge in [-0.05, 0) is 26.7 Å². The lowest BCUT2D eigenvalue weighted by Crippen LogP contribution is -2.45. The fourth-order valence-electron chi connectivity index (χ4n) is 2.80. The van der Waals surface area contributed by atoms with E-state index in [1.807, 2.05) is 35.2 Å². The van der Waals surface area contributed by atoms with E-state index in [-0.39, 0.29) is 11.6 Å². The maximum Gasteiger partial charge on any atom is 0.322 e. The van der Waals surface area contributed by atoms with Gasteiger partial charge in [0.05, 0.1) is 18.1 Å². The lowest BCUT2D eigenvalue weighted by Gasteiger charge is -2.31. The monoisotopic (exact) mass is 296 g/mol. The first kappa shape index (κ1) is 14.5. The molecule has 0 atom stereocenters. The second-order valence-electron chi connectivity index (χ2n) is 6.16. The fourth-order valence-corrected chi connectivity index (χ4v) is 2.80. The average molecular weight is 296 g/mol. The van der Waals surface area contributed by atoms with Crippen LogP contribution in [0.25, 0.3) is 11.4 Å². The molecule has 0 spiro atoms. The van der Waals surface area contributed by atoms with Crippen molar-refractivity contribution >= 4 is 11.7 Å². The third-order valence-corrected chi connectivity index (χ3v) is 4.08. The minimum Gasteiger partial charge on any atom is -0.319 e. The number of nitrogens with one attached hydrogen (secondary N) is 1. The predicted molar refractivity (Wildman–Crippen MR) is 86.5 cm³/mol. The Bertz CT molecular complexity index is 652. The van der Waals surface area contributed by atoms with E-state index in [9.17, 15) is 4.79 Å². The van der Waals surface area contributed by atoms with Gasteiger partial charge in [-0.15, -0.1) is 0 Å². The van der Waals surface area contributed by atoms with Gasteiger partial charge in [0, 0.05) is 17.6 Å². The fraction of sp³-hybridized carbons (Fsp3) is 0.353. The summed E-state index contributed by atoms with van der Waals surface area (Å²) in [4.78, 5) is 22.9. The van der Waals surface area contributed by atoms with Gasteiger partial charge in [-0.2, -0.15) is 0 Å². The van der Waals surface area contributed by atoms with Crippen molar-refractivity contribution in [2.45, 2.75) is 32.2 Å². The molecule has 1 saturated heterocycles. The van der Waals surface area contributed by atoms with Crippen LogP contribution in [0.4, 0.5) is 10.5 Å². The summed E-state index contributed by atoms with van der Waals surface area (Å²) >= 11 is 0. The molecule has 1 N–H and O–H groups in total. The summed E-state index contributed by atoms with van der Waals surface area (Å²) in [5.74, 6) is 0.653. The van der Waals surface area contributed by atoms with E-state index in [2.05, 4.69) is 29.1 Å². The van der Waals surface area contributed by atoms with Gasteiger partial charge < -0.3 is 10.2 Å². The minimum atomic E-state index is -0.0884. The first-order chi connectivity index (χ1) is 10.6. The van der Waals surface area contributed by atoms with Crippen molar-refractivity contribution in [1.29, 1.82) is 0 Å². The number of rotatable bonds is 2. The molecule has 0 unspecified atom stereocenters. The number of nitrogens with zero attached hydrogens (tertiary/aromatic N) is 3. The highest BCUT2D eigenvalue weighted by molar-refractivity contribution is 5.89. The van der Waals surface area contributed by atoms with Crippen LogP contribution in [-0.4, -0.2) is 33.0 Å². The van der Waals surface area contributed by atoms with Gasteiger partial charge in [-0.1, -0.05) is 30.3 Å². The molecule has 5 heteroatoms. The predicted octanol–water partition coefficient (Wildman–Crippen LogP) is 3.55. The first-order valence-corrected chi connectivity index (χ1v) is 7.52. The molecule has 2 heterocycles. The summed E-state index contributed by atoms with van der Waals surface area (Å²) in [5.41, 5.74) is 1.49. The molecule has 2 aromatic rings. The van der Waals surface area contributed by atoms with Crippen molar-refractivity contribution in [2.24, 2.45) is 0 Å². The van der Waals surface area contributed by atoms with Crippen LogP contribution in [-0.2, 0) is 0 Å². The lowest BCUT2D eigenvalue weighted by atomic mass is 10.0. The highest BCUT2D eigenvalue weighted by Crippen LogP contribution is 2.28. The van der Waals surface area contributed by atoms with Crippen LogP contribution < -0.4 is 5.32 Å². The van der Waals surface area contributed by atoms with Crippen molar-refractivity contribution in [2.75, 3.05) is 11.9 Å². The molecule has 0 aliphatic carbocycles. The van der Waals surface area contributed by atoms with Gasteiger partial charge in [-0.25, -0.2) is 14.8 Å². The standard InChI is InChI=1S/C17H20N4O/c1-17(2)9-6-10-21(17)16(22)20-14-11-18-15(19-12-14)13-7-4-3-5-8-13/h3-5,7-8,11-12H,6,9-10H2,1-2H3,(H,20,22). The topological polar surface area (TPSA) is 58.1 Å². The molecule has 1 aliphatic heterocycles. The molecule has 1 fully saturated rings. The van der Waals surface area contributed by atoms with Crippen LogP contribution in [0.2, 0.25) is 0 Å². The van der Waals surface area contributed by atoms with Crippen LogP contribution in [0.15, 0.2) is 42.7 Å². The van der Waals surface area contributed by atoms with Crippen molar-refractivity contribution in [3.63, 3.8) is 0 Å². The third kappa shape index (κ3) is 2.93. The van der Waals surface area contributed by atoms with Crippen molar-refractivity contribution < 1.29 is 4.79 Å². The highest BCUT2D eigenvalue weighted by atomic mass is 16.2. The largest absolute Gasteiger partial charge is 0.322 e. The van der Waals surface area contributed by atoms with Gasteiger partial charge >= 0.3 is 6.03 Å². The molecule has 1 aliphatic rings. The Kier molecular flexibility index (Phi) is 3.79. The maximum absolute atomic E-state index is 12.3. The number of benzene rings is 1. The normalized spacial score (nSPS) is 16.5. The van der Waals surface area contributed by atoms with Crippen LogP contribution in [0, 0.1) is 0 Å². The smallest absolute Gasteiger partial charge is 0.319 e. The lowest BCUT2D eigenvalue weighted by molar-refractivity contribution is 0.178. The zero-order valence-corrected chi connectivity index (χ0v) is 12.9. The van der Waals surface area contributed by atoms with Gasteiger partial charge in [0.1, 0.15) is 0 Å². The van der Waals surface area contributed by atoms with Crippen LogP contribution in [0.5, 0.6) is 0 Å². The molecule has 3 rings (SSSR count). The summed E-state index contributed by atoms with van der Waals surface area (Å²) in [7, 11) is 0. The Morgan fingerprint density at radius 3 is 2.45 bits per heavy atom. The highest BCUT2D eigenvalue weighted by Gasteiger charge is 2.35. The van der Waals surface area contributed by atoms with E-state index in [1.54, 1.807) is 12.4 Å². The van der Waals surface area contributed by atoms with Crippen molar-refractivity contribution in [3.05, 3.63) is 42.7 Å². The molecule has 2 amide bonds. The number of hydrogen-bond acceptors (Lipinski definition) is 3. The summed E-state index contributed by atoms with van der Waals surface area (Å²) in [6.07, 6.45) is 5.38. The van der Waals surface area contributed by atoms with Gasteiger partial charge in [0.2, 0.25) is 0 Å². The summed E-state index contributed by atoms with van der Waals surface area (Å²) in [6.45, 7) is 4.98. The molecule has 5 nitrogen and oxygen atoms in total. The second-order valence-corrected chi connectivity index (χ2v) is 6.16. The van der Waals surface area contributed by atoms with E-state index < -0.39 is 0 Å². The van der Waals surface area contributed by atoms with E-state index in [0.29, 0.717) is 11.5 Å². The number of carbonyl (C=O) groups excluding carboxylic acids is 1. The number of amides is 2. The Hall–Kier alpha value is -2.43. The number of urea groups is 1. The summed E-state index contributed by atoms with van der Waals surface area (Å²) < 4.78 is 0. The van der Waals surface area contributed by atoms with Crippen LogP contribution in [0.1, 0.15) is 26.7 Å². The van der Waals surface area contributed by atoms with E-state index >= 15 is 0 Å². The minimum absolute atomic E-state index is 0.0847. The summed E-state index contributed by atoms with van der Waals surface area (Å²) in [5, 5.41) is 2.88. The SMILES string of the molecule is CC1(C)CCCN1C(=O)Nc1cnc(-c2ccccc2)nc1. The maximum atomic E-state index is 12.3. The van der Waals surface area contributed by atoms with E-state index in [4.69, 9.17) is 0 Å². The second kappa shape index (κ2) is 5.75. The quantitative estimate of drug-likeness (QED) is 0.922. The number of anilines is 1.